The van der Waals surface area contributed by atoms with Crippen molar-refractivity contribution in [3.63, 3.8) is 0 Å². The summed E-state index contributed by atoms with van der Waals surface area (Å²) in [6.07, 6.45) is 0.928. The topological polar surface area (TPSA) is 55.1 Å². The van der Waals surface area contributed by atoms with Crippen LogP contribution in [0.1, 0.15) is 17.9 Å². The van der Waals surface area contributed by atoms with Crippen molar-refractivity contribution in [2.45, 2.75) is 19.8 Å². The van der Waals surface area contributed by atoms with Gasteiger partial charge in [0.25, 0.3) is 0 Å². The highest BCUT2D eigenvalue weighted by atomic mass is 16.4. The molecular weight excluding hydrogens is 288 g/mol. The number of carbonyl (C=O) groups excluding carboxylic acids is 1. The van der Waals surface area contributed by atoms with Gasteiger partial charge in [-0.15, -0.1) is 0 Å². The normalized spacial score (nSPS) is 10.5. The molecule has 4 nitrogen and oxygen atoms in total. The Kier molecular flexibility index (Phi) is 4.52. The predicted octanol–water partition coefficient (Wildman–Crippen LogP) is 4.22. The number of hydrogen-bond acceptors (Lipinski definition) is 3. The largest absolute Gasteiger partial charge is 0.441 e. The molecule has 0 fully saturated rings. The van der Waals surface area contributed by atoms with E-state index in [9.17, 15) is 4.79 Å². The van der Waals surface area contributed by atoms with Crippen molar-refractivity contribution in [2.24, 2.45) is 0 Å². The SMILES string of the molecule is Cc1oc(-c2ccccc2)nc1CCC(=O)Nc1ccccc1. The fourth-order valence-electron chi connectivity index (χ4n) is 2.34. The lowest BCUT2D eigenvalue weighted by molar-refractivity contribution is -0.116. The quantitative estimate of drug-likeness (QED) is 0.767. The van der Waals surface area contributed by atoms with Crippen LogP contribution in [-0.2, 0) is 11.2 Å². The lowest BCUT2D eigenvalue weighted by Gasteiger charge is -2.03. The van der Waals surface area contributed by atoms with Crippen LogP contribution in [-0.4, -0.2) is 10.9 Å². The third-order valence-corrected chi connectivity index (χ3v) is 3.56. The van der Waals surface area contributed by atoms with E-state index in [1.165, 1.54) is 0 Å². The third kappa shape index (κ3) is 3.86. The molecule has 23 heavy (non-hydrogen) atoms. The van der Waals surface area contributed by atoms with E-state index in [1.54, 1.807) is 0 Å². The average molecular weight is 306 g/mol. The van der Waals surface area contributed by atoms with Gasteiger partial charge in [-0.2, -0.15) is 0 Å². The number of aromatic nitrogens is 1. The lowest BCUT2D eigenvalue weighted by Crippen LogP contribution is -2.12. The van der Waals surface area contributed by atoms with Gasteiger partial charge in [0.1, 0.15) is 5.76 Å². The van der Waals surface area contributed by atoms with Crippen molar-refractivity contribution >= 4 is 11.6 Å². The minimum absolute atomic E-state index is 0.0279. The summed E-state index contributed by atoms with van der Waals surface area (Å²) in [6, 6.07) is 19.2. The Balaban J connectivity index is 1.62. The van der Waals surface area contributed by atoms with Gasteiger partial charge in [-0.05, 0) is 31.2 Å². The molecule has 0 aliphatic carbocycles. The highest BCUT2D eigenvalue weighted by molar-refractivity contribution is 5.90. The van der Waals surface area contributed by atoms with Gasteiger partial charge >= 0.3 is 0 Å². The van der Waals surface area contributed by atoms with Crippen LogP contribution < -0.4 is 5.32 Å². The minimum Gasteiger partial charge on any atom is -0.441 e. The second kappa shape index (κ2) is 6.92. The maximum atomic E-state index is 12.0. The molecule has 3 rings (SSSR count). The molecule has 0 saturated carbocycles. The first-order valence-electron chi connectivity index (χ1n) is 7.59. The summed E-state index contributed by atoms with van der Waals surface area (Å²) in [7, 11) is 0. The molecule has 116 valence electrons. The second-order valence-electron chi connectivity index (χ2n) is 5.30. The molecule has 1 heterocycles. The first kappa shape index (κ1) is 15.0. The van der Waals surface area contributed by atoms with Crippen LogP contribution in [0.2, 0.25) is 0 Å². The number of nitrogens with zero attached hydrogens (tertiary/aromatic N) is 1. The Hall–Kier alpha value is -2.88. The molecule has 0 saturated heterocycles. The maximum absolute atomic E-state index is 12.0. The number of nitrogens with one attached hydrogen (secondary N) is 1. The molecule has 0 aliphatic heterocycles. The lowest BCUT2D eigenvalue weighted by atomic mass is 10.2. The number of hydrogen-bond donors (Lipinski definition) is 1. The van der Waals surface area contributed by atoms with Crippen LogP contribution in [0.25, 0.3) is 11.5 Å². The van der Waals surface area contributed by atoms with E-state index < -0.39 is 0 Å². The summed E-state index contributed by atoms with van der Waals surface area (Å²) in [5.74, 6) is 1.33. The smallest absolute Gasteiger partial charge is 0.226 e. The van der Waals surface area contributed by atoms with Crippen molar-refractivity contribution in [3.8, 4) is 11.5 Å². The van der Waals surface area contributed by atoms with Crippen molar-refractivity contribution in [1.29, 1.82) is 0 Å². The number of benzene rings is 2. The molecule has 1 amide bonds. The summed E-state index contributed by atoms with van der Waals surface area (Å²) >= 11 is 0. The van der Waals surface area contributed by atoms with Crippen LogP contribution in [0.15, 0.2) is 65.1 Å². The minimum atomic E-state index is -0.0279. The zero-order chi connectivity index (χ0) is 16.1. The van der Waals surface area contributed by atoms with Gasteiger partial charge in [-0.3, -0.25) is 4.79 Å². The van der Waals surface area contributed by atoms with Crippen molar-refractivity contribution in [2.75, 3.05) is 5.32 Å². The summed E-state index contributed by atoms with van der Waals surface area (Å²) in [5, 5.41) is 2.87. The van der Waals surface area contributed by atoms with Crippen LogP contribution in [0.4, 0.5) is 5.69 Å². The number of carbonyl (C=O) groups is 1. The summed E-state index contributed by atoms with van der Waals surface area (Å²) in [5.41, 5.74) is 2.57. The van der Waals surface area contributed by atoms with Crippen LogP contribution in [0.3, 0.4) is 0 Å². The van der Waals surface area contributed by atoms with Gasteiger partial charge in [0.05, 0.1) is 5.69 Å². The monoisotopic (exact) mass is 306 g/mol. The van der Waals surface area contributed by atoms with Gasteiger partial charge in [-0.1, -0.05) is 36.4 Å². The molecular formula is C19H18N2O2. The maximum Gasteiger partial charge on any atom is 0.226 e. The molecule has 0 unspecified atom stereocenters. The number of para-hydroxylation sites is 1. The number of anilines is 1. The number of aryl methyl sites for hydroxylation is 2. The van der Waals surface area contributed by atoms with E-state index in [4.69, 9.17) is 4.42 Å². The molecule has 1 N–H and O–H groups in total. The van der Waals surface area contributed by atoms with Crippen molar-refractivity contribution in [1.82, 2.24) is 4.98 Å². The van der Waals surface area contributed by atoms with Crippen molar-refractivity contribution in [3.05, 3.63) is 72.1 Å². The Labute approximate surface area is 135 Å². The molecule has 0 spiro atoms. The highest BCUT2D eigenvalue weighted by Gasteiger charge is 2.12. The number of rotatable bonds is 5. The molecule has 1 aromatic heterocycles. The van der Waals surface area contributed by atoms with Gasteiger partial charge in [-0.25, -0.2) is 4.98 Å². The number of amides is 1. The Bertz CT molecular complexity index is 780. The fourth-order valence-corrected chi connectivity index (χ4v) is 2.34. The van der Waals surface area contributed by atoms with Crippen LogP contribution in [0, 0.1) is 6.92 Å². The molecule has 0 aliphatic rings. The standard InChI is InChI=1S/C19H18N2O2/c1-14-17(21-19(23-14)15-8-4-2-5-9-15)12-13-18(22)20-16-10-6-3-7-11-16/h2-11H,12-13H2,1H3,(H,20,22). The molecule has 0 bridgehead atoms. The third-order valence-electron chi connectivity index (χ3n) is 3.56. The first-order chi connectivity index (χ1) is 11.2. The zero-order valence-electron chi connectivity index (χ0n) is 13.0. The van der Waals surface area contributed by atoms with Crippen molar-refractivity contribution < 1.29 is 9.21 Å². The number of oxazole rings is 1. The van der Waals surface area contributed by atoms with Crippen LogP contribution >= 0.6 is 0 Å². The van der Waals surface area contributed by atoms with Crippen LogP contribution in [0.5, 0.6) is 0 Å². The molecule has 0 radical (unpaired) electrons. The first-order valence-corrected chi connectivity index (χ1v) is 7.59. The van der Waals surface area contributed by atoms with Gasteiger partial charge < -0.3 is 9.73 Å². The van der Waals surface area contributed by atoms with E-state index in [0.29, 0.717) is 18.7 Å². The summed E-state index contributed by atoms with van der Waals surface area (Å²) < 4.78 is 5.71. The van der Waals surface area contributed by atoms with Gasteiger partial charge in [0, 0.05) is 24.1 Å². The molecule has 3 aromatic rings. The molecule has 0 atom stereocenters. The zero-order valence-corrected chi connectivity index (χ0v) is 13.0. The molecule has 4 heteroatoms. The Morgan fingerprint density at radius 2 is 1.70 bits per heavy atom. The second-order valence-corrected chi connectivity index (χ2v) is 5.30. The summed E-state index contributed by atoms with van der Waals surface area (Å²) in [4.78, 5) is 16.5. The van der Waals surface area contributed by atoms with Gasteiger partial charge in [0.2, 0.25) is 11.8 Å². The van der Waals surface area contributed by atoms with E-state index in [-0.39, 0.29) is 5.91 Å². The predicted molar refractivity (Wildman–Crippen MR) is 90.1 cm³/mol. The van der Waals surface area contributed by atoms with E-state index >= 15 is 0 Å². The summed E-state index contributed by atoms with van der Waals surface area (Å²) in [6.45, 7) is 1.88. The Morgan fingerprint density at radius 3 is 2.39 bits per heavy atom. The Morgan fingerprint density at radius 1 is 1.04 bits per heavy atom. The van der Waals surface area contributed by atoms with Gasteiger partial charge in [0.15, 0.2) is 0 Å². The fraction of sp³-hybridized carbons (Fsp3) is 0.158. The average Bonchev–Trinajstić information content (AvgIpc) is 2.96. The van der Waals surface area contributed by atoms with E-state index in [0.717, 1.165) is 22.7 Å². The molecule has 2 aromatic carbocycles. The van der Waals surface area contributed by atoms with E-state index in [1.807, 2.05) is 67.6 Å². The van der Waals surface area contributed by atoms with E-state index in [2.05, 4.69) is 10.3 Å². The highest BCUT2D eigenvalue weighted by Crippen LogP contribution is 2.22.